The van der Waals surface area contributed by atoms with Gasteiger partial charge in [-0.1, -0.05) is 18.9 Å². The molecule has 1 aromatic carbocycles. The molecule has 5 nitrogen and oxygen atoms in total. The number of anilines is 1. The highest BCUT2D eigenvalue weighted by Gasteiger charge is 2.35. The Bertz CT molecular complexity index is 802. The molecule has 1 saturated carbocycles. The molecule has 1 aromatic heterocycles. The van der Waals surface area contributed by atoms with Crippen molar-refractivity contribution in [1.29, 1.82) is 0 Å². The molecular weight excluding hydrogens is 338 g/mol. The Balaban J connectivity index is 1.44. The van der Waals surface area contributed by atoms with Crippen molar-refractivity contribution in [2.45, 2.75) is 44.6 Å². The van der Waals surface area contributed by atoms with Crippen molar-refractivity contribution in [3.8, 4) is 0 Å². The molecule has 0 spiro atoms. The highest BCUT2D eigenvalue weighted by molar-refractivity contribution is 6.03. The van der Waals surface area contributed by atoms with Gasteiger partial charge in [0.05, 0.1) is 0 Å². The highest BCUT2D eigenvalue weighted by Crippen LogP contribution is 2.36. The second-order valence-corrected chi connectivity index (χ2v) is 7.50. The molecule has 2 atom stereocenters. The molecule has 0 bridgehead atoms. The van der Waals surface area contributed by atoms with Gasteiger partial charge in [0.1, 0.15) is 5.69 Å². The summed E-state index contributed by atoms with van der Waals surface area (Å²) in [7, 11) is 0. The van der Waals surface area contributed by atoms with Gasteiger partial charge in [-0.2, -0.15) is 0 Å². The van der Waals surface area contributed by atoms with Gasteiger partial charge in [0.25, 0.3) is 11.8 Å². The third-order valence-corrected chi connectivity index (χ3v) is 5.79. The van der Waals surface area contributed by atoms with Crippen molar-refractivity contribution >= 4 is 17.5 Å². The fraction of sp³-hybridized carbons (Fsp3) is 0.409. The van der Waals surface area contributed by atoms with Crippen LogP contribution in [-0.4, -0.2) is 34.3 Å². The quantitative estimate of drug-likeness (QED) is 0.892. The second kappa shape index (κ2) is 7.91. The summed E-state index contributed by atoms with van der Waals surface area (Å²) in [5, 5.41) is 2.82. The normalized spacial score (nSPS) is 22.0. The minimum atomic E-state index is -0.254. The van der Waals surface area contributed by atoms with E-state index in [4.69, 9.17) is 0 Å². The van der Waals surface area contributed by atoms with Crippen LogP contribution < -0.4 is 5.32 Å². The van der Waals surface area contributed by atoms with Gasteiger partial charge in [0.2, 0.25) is 0 Å². The Labute approximate surface area is 159 Å². The van der Waals surface area contributed by atoms with E-state index in [2.05, 4.69) is 15.2 Å². The molecule has 2 amide bonds. The predicted octanol–water partition coefficient (Wildman–Crippen LogP) is 4.13. The topological polar surface area (TPSA) is 62.3 Å². The van der Waals surface area contributed by atoms with Crippen molar-refractivity contribution < 1.29 is 9.59 Å². The van der Waals surface area contributed by atoms with Crippen molar-refractivity contribution in [2.24, 2.45) is 5.92 Å². The van der Waals surface area contributed by atoms with Gasteiger partial charge < -0.3 is 10.2 Å². The summed E-state index contributed by atoms with van der Waals surface area (Å²) in [4.78, 5) is 31.4. The first-order valence-electron chi connectivity index (χ1n) is 9.86. The van der Waals surface area contributed by atoms with E-state index < -0.39 is 0 Å². The van der Waals surface area contributed by atoms with Gasteiger partial charge >= 0.3 is 0 Å². The predicted molar refractivity (Wildman–Crippen MR) is 105 cm³/mol. The molecule has 140 valence electrons. The van der Waals surface area contributed by atoms with Crippen LogP contribution in [0, 0.1) is 5.92 Å². The Morgan fingerprint density at radius 3 is 2.52 bits per heavy atom. The fourth-order valence-electron chi connectivity index (χ4n) is 4.43. The summed E-state index contributed by atoms with van der Waals surface area (Å²) in [6.07, 6.45) is 8.87. The first kappa shape index (κ1) is 17.7. The SMILES string of the molecule is O=C(Nc1ccc(C(=O)N2CCC[C@@H]3CCCC[C@@H]32)cc1)c1ccccn1. The number of nitrogens with zero attached hydrogens (tertiary/aromatic N) is 2. The van der Waals surface area contributed by atoms with E-state index in [1.54, 1.807) is 36.5 Å². The number of aromatic nitrogens is 1. The third kappa shape index (κ3) is 3.87. The summed E-state index contributed by atoms with van der Waals surface area (Å²) < 4.78 is 0. The average Bonchev–Trinajstić information content (AvgIpc) is 2.74. The molecule has 0 unspecified atom stereocenters. The van der Waals surface area contributed by atoms with Crippen LogP contribution in [0.2, 0.25) is 0 Å². The summed E-state index contributed by atoms with van der Waals surface area (Å²) >= 11 is 0. The molecule has 1 aliphatic heterocycles. The van der Waals surface area contributed by atoms with Crippen molar-refractivity contribution in [2.75, 3.05) is 11.9 Å². The van der Waals surface area contributed by atoms with Gasteiger partial charge in [-0.3, -0.25) is 14.6 Å². The summed E-state index contributed by atoms with van der Waals surface area (Å²) in [6.45, 7) is 0.859. The molecule has 2 aromatic rings. The molecule has 2 aliphatic rings. The van der Waals surface area contributed by atoms with Crippen LogP contribution >= 0.6 is 0 Å². The number of carbonyl (C=O) groups is 2. The van der Waals surface area contributed by atoms with Gasteiger partial charge in [-0.25, -0.2) is 0 Å². The molecule has 0 radical (unpaired) electrons. The van der Waals surface area contributed by atoms with Gasteiger partial charge in [-0.05, 0) is 68.0 Å². The van der Waals surface area contributed by atoms with Gasteiger partial charge in [-0.15, -0.1) is 0 Å². The van der Waals surface area contributed by atoms with E-state index in [0.29, 0.717) is 28.9 Å². The zero-order valence-corrected chi connectivity index (χ0v) is 15.4. The molecule has 2 heterocycles. The maximum absolute atomic E-state index is 13.0. The zero-order valence-electron chi connectivity index (χ0n) is 15.4. The molecular formula is C22H25N3O2. The Morgan fingerprint density at radius 1 is 0.963 bits per heavy atom. The number of hydrogen-bond donors (Lipinski definition) is 1. The molecule has 2 fully saturated rings. The van der Waals surface area contributed by atoms with Crippen LogP contribution in [0.4, 0.5) is 5.69 Å². The number of piperidine rings is 1. The first-order chi connectivity index (χ1) is 13.2. The number of likely N-dealkylation sites (tertiary alicyclic amines) is 1. The minimum absolute atomic E-state index is 0.120. The Hall–Kier alpha value is -2.69. The van der Waals surface area contributed by atoms with Crippen LogP contribution in [0.25, 0.3) is 0 Å². The smallest absolute Gasteiger partial charge is 0.274 e. The van der Waals surface area contributed by atoms with Gasteiger partial charge in [0.15, 0.2) is 0 Å². The first-order valence-corrected chi connectivity index (χ1v) is 9.86. The van der Waals surface area contributed by atoms with E-state index in [1.807, 2.05) is 12.1 Å². The van der Waals surface area contributed by atoms with Crippen LogP contribution in [0.15, 0.2) is 48.7 Å². The fourth-order valence-corrected chi connectivity index (χ4v) is 4.43. The third-order valence-electron chi connectivity index (χ3n) is 5.79. The molecule has 1 saturated heterocycles. The number of benzene rings is 1. The summed E-state index contributed by atoms with van der Waals surface area (Å²) in [5.74, 6) is 0.540. The number of amides is 2. The monoisotopic (exact) mass is 363 g/mol. The lowest BCUT2D eigenvalue weighted by Gasteiger charge is -2.44. The van der Waals surface area contributed by atoms with E-state index >= 15 is 0 Å². The summed E-state index contributed by atoms with van der Waals surface area (Å²) in [5.41, 5.74) is 1.72. The highest BCUT2D eigenvalue weighted by atomic mass is 16.2. The number of carbonyl (C=O) groups excluding carboxylic acids is 2. The largest absolute Gasteiger partial charge is 0.335 e. The zero-order chi connectivity index (χ0) is 18.6. The minimum Gasteiger partial charge on any atom is -0.335 e. The Kier molecular flexibility index (Phi) is 5.19. The Morgan fingerprint density at radius 2 is 1.74 bits per heavy atom. The van der Waals surface area contributed by atoms with E-state index in [1.165, 1.54) is 25.7 Å². The number of nitrogens with one attached hydrogen (secondary N) is 1. The number of fused-ring (bicyclic) bond motifs is 1. The van der Waals surface area contributed by atoms with Gasteiger partial charge in [0, 0.05) is 30.0 Å². The molecule has 1 aliphatic carbocycles. The molecule has 5 heteroatoms. The molecule has 1 N–H and O–H groups in total. The van der Waals surface area contributed by atoms with E-state index in [9.17, 15) is 9.59 Å². The van der Waals surface area contributed by atoms with Crippen LogP contribution in [0.1, 0.15) is 59.4 Å². The van der Waals surface area contributed by atoms with E-state index in [-0.39, 0.29) is 11.8 Å². The maximum Gasteiger partial charge on any atom is 0.274 e. The average molecular weight is 363 g/mol. The molecule has 4 rings (SSSR count). The lowest BCUT2D eigenvalue weighted by molar-refractivity contribution is 0.0390. The van der Waals surface area contributed by atoms with Crippen LogP contribution in [0.5, 0.6) is 0 Å². The lowest BCUT2D eigenvalue weighted by atomic mass is 9.78. The number of pyridine rings is 1. The lowest BCUT2D eigenvalue weighted by Crippen LogP contribution is -2.49. The maximum atomic E-state index is 13.0. The van der Waals surface area contributed by atoms with Crippen LogP contribution in [0.3, 0.4) is 0 Å². The summed E-state index contributed by atoms with van der Waals surface area (Å²) in [6, 6.07) is 12.8. The number of hydrogen-bond acceptors (Lipinski definition) is 3. The van der Waals surface area contributed by atoms with Crippen LogP contribution in [-0.2, 0) is 0 Å². The van der Waals surface area contributed by atoms with E-state index in [0.717, 1.165) is 19.4 Å². The van der Waals surface area contributed by atoms with Crippen molar-refractivity contribution in [3.63, 3.8) is 0 Å². The second-order valence-electron chi connectivity index (χ2n) is 7.50. The van der Waals surface area contributed by atoms with Crippen molar-refractivity contribution in [1.82, 2.24) is 9.88 Å². The number of rotatable bonds is 3. The standard InChI is InChI=1S/C22H25N3O2/c26-21(19-8-3-4-14-23-19)24-18-12-10-17(11-13-18)22(27)25-15-5-7-16-6-1-2-9-20(16)25/h3-4,8,10-14,16,20H,1-2,5-7,9,15H2,(H,24,26)/t16-,20-/m0/s1. The van der Waals surface area contributed by atoms with Crippen molar-refractivity contribution in [3.05, 3.63) is 59.9 Å². The molecule has 27 heavy (non-hydrogen) atoms.